The monoisotopic (exact) mass is 314 g/mol. The Morgan fingerprint density at radius 3 is 2.74 bits per heavy atom. The molecule has 0 spiro atoms. The quantitative estimate of drug-likeness (QED) is 0.737. The van der Waals surface area contributed by atoms with E-state index in [0.29, 0.717) is 18.2 Å². The SMILES string of the molecule is O=c1c2nn(CC3CCC3)c(=O)n2ccn1-c1cccc(F)c1. The van der Waals surface area contributed by atoms with Crippen LogP contribution in [0.4, 0.5) is 4.39 Å². The molecule has 0 bridgehead atoms. The van der Waals surface area contributed by atoms with Gasteiger partial charge < -0.3 is 0 Å². The van der Waals surface area contributed by atoms with Crippen molar-refractivity contribution in [3.8, 4) is 5.69 Å². The Hall–Kier alpha value is -2.70. The van der Waals surface area contributed by atoms with Gasteiger partial charge in [-0.3, -0.25) is 9.36 Å². The molecule has 7 heteroatoms. The minimum absolute atomic E-state index is 0.0566. The van der Waals surface area contributed by atoms with Crippen LogP contribution in [0, 0.1) is 11.7 Å². The molecule has 0 atom stereocenters. The Balaban J connectivity index is 1.85. The van der Waals surface area contributed by atoms with Crippen molar-refractivity contribution in [3.05, 3.63) is 63.3 Å². The van der Waals surface area contributed by atoms with Gasteiger partial charge in [0.25, 0.3) is 0 Å². The van der Waals surface area contributed by atoms with Crippen molar-refractivity contribution >= 4 is 5.65 Å². The molecule has 1 fully saturated rings. The molecule has 118 valence electrons. The highest BCUT2D eigenvalue weighted by Crippen LogP contribution is 2.27. The second kappa shape index (κ2) is 5.19. The molecule has 2 heterocycles. The number of halogens is 1. The predicted molar refractivity (Wildman–Crippen MR) is 82.3 cm³/mol. The molecule has 1 aromatic carbocycles. The first-order valence-electron chi connectivity index (χ1n) is 7.60. The van der Waals surface area contributed by atoms with Crippen LogP contribution in [0.1, 0.15) is 19.3 Å². The molecule has 0 unspecified atom stereocenters. The van der Waals surface area contributed by atoms with Crippen LogP contribution in [0.3, 0.4) is 0 Å². The topological polar surface area (TPSA) is 61.3 Å². The predicted octanol–water partition coefficient (Wildman–Crippen LogP) is 1.59. The van der Waals surface area contributed by atoms with Gasteiger partial charge in [-0.05, 0) is 37.0 Å². The van der Waals surface area contributed by atoms with Crippen LogP contribution in [0.2, 0.25) is 0 Å². The van der Waals surface area contributed by atoms with Gasteiger partial charge in [-0.2, -0.15) is 0 Å². The highest BCUT2D eigenvalue weighted by atomic mass is 19.1. The van der Waals surface area contributed by atoms with E-state index in [-0.39, 0.29) is 11.3 Å². The number of nitrogens with zero attached hydrogens (tertiary/aromatic N) is 4. The summed E-state index contributed by atoms with van der Waals surface area (Å²) in [6, 6.07) is 5.74. The minimum Gasteiger partial charge on any atom is -0.279 e. The Morgan fingerprint density at radius 1 is 1.22 bits per heavy atom. The lowest BCUT2D eigenvalue weighted by Gasteiger charge is -2.24. The van der Waals surface area contributed by atoms with Crippen LogP contribution in [0.15, 0.2) is 46.2 Å². The van der Waals surface area contributed by atoms with Gasteiger partial charge in [0.1, 0.15) is 5.82 Å². The largest absolute Gasteiger partial charge is 0.350 e. The van der Waals surface area contributed by atoms with Crippen LogP contribution in [0.25, 0.3) is 11.3 Å². The lowest BCUT2D eigenvalue weighted by Crippen LogP contribution is -2.28. The van der Waals surface area contributed by atoms with Crippen molar-refractivity contribution in [1.82, 2.24) is 18.7 Å². The number of hydrogen-bond acceptors (Lipinski definition) is 3. The molecule has 1 saturated carbocycles. The summed E-state index contributed by atoms with van der Waals surface area (Å²) in [7, 11) is 0. The normalized spacial score (nSPS) is 15.0. The third-order valence-electron chi connectivity index (χ3n) is 4.39. The average Bonchev–Trinajstić information content (AvgIpc) is 2.81. The zero-order chi connectivity index (χ0) is 16.0. The molecular formula is C16H15FN4O2. The van der Waals surface area contributed by atoms with Gasteiger partial charge in [-0.15, -0.1) is 5.10 Å². The van der Waals surface area contributed by atoms with Crippen LogP contribution >= 0.6 is 0 Å². The summed E-state index contributed by atoms with van der Waals surface area (Å²) in [5.74, 6) is 0.0326. The van der Waals surface area contributed by atoms with Crippen LogP contribution in [-0.4, -0.2) is 18.7 Å². The van der Waals surface area contributed by atoms with E-state index in [0.717, 1.165) is 12.8 Å². The zero-order valence-electron chi connectivity index (χ0n) is 12.4. The standard InChI is InChI=1S/C16H15FN4O2/c17-12-5-2-6-13(9-12)19-7-8-20-14(15(19)22)18-21(16(20)23)10-11-3-1-4-11/h2,5-9,11H,1,3-4,10H2. The van der Waals surface area contributed by atoms with Crippen molar-refractivity contribution in [2.75, 3.05) is 0 Å². The highest BCUT2D eigenvalue weighted by Gasteiger charge is 2.21. The Kier molecular flexibility index (Phi) is 3.14. The van der Waals surface area contributed by atoms with Gasteiger partial charge >= 0.3 is 11.2 Å². The lowest BCUT2D eigenvalue weighted by atomic mass is 9.86. The van der Waals surface area contributed by atoms with E-state index in [2.05, 4.69) is 5.10 Å². The first-order valence-corrected chi connectivity index (χ1v) is 7.60. The van der Waals surface area contributed by atoms with Gasteiger partial charge in [0.15, 0.2) is 0 Å². The summed E-state index contributed by atoms with van der Waals surface area (Å²) in [5.41, 5.74) is -0.294. The molecular weight excluding hydrogens is 299 g/mol. The second-order valence-corrected chi connectivity index (χ2v) is 5.91. The van der Waals surface area contributed by atoms with Gasteiger partial charge in [0, 0.05) is 18.9 Å². The van der Waals surface area contributed by atoms with Crippen molar-refractivity contribution < 1.29 is 4.39 Å². The third kappa shape index (κ3) is 2.28. The maximum Gasteiger partial charge on any atom is 0.350 e. The average molecular weight is 314 g/mol. The van der Waals surface area contributed by atoms with E-state index in [1.54, 1.807) is 6.07 Å². The van der Waals surface area contributed by atoms with E-state index >= 15 is 0 Å². The van der Waals surface area contributed by atoms with E-state index in [1.165, 1.54) is 50.7 Å². The maximum absolute atomic E-state index is 13.4. The highest BCUT2D eigenvalue weighted by molar-refractivity contribution is 5.39. The van der Waals surface area contributed by atoms with Gasteiger partial charge in [-0.1, -0.05) is 12.5 Å². The van der Waals surface area contributed by atoms with Crippen molar-refractivity contribution in [1.29, 1.82) is 0 Å². The fourth-order valence-electron chi connectivity index (χ4n) is 2.88. The second-order valence-electron chi connectivity index (χ2n) is 5.91. The first-order chi connectivity index (χ1) is 11.1. The lowest BCUT2D eigenvalue weighted by molar-refractivity contribution is 0.263. The summed E-state index contributed by atoms with van der Waals surface area (Å²) in [5, 5.41) is 4.18. The summed E-state index contributed by atoms with van der Waals surface area (Å²) in [6.45, 7) is 0.542. The van der Waals surface area contributed by atoms with Gasteiger partial charge in [-0.25, -0.2) is 18.3 Å². The Bertz CT molecular complexity index is 997. The number of rotatable bonds is 3. The fraction of sp³-hybridized carbons (Fsp3) is 0.312. The summed E-state index contributed by atoms with van der Waals surface area (Å²) in [4.78, 5) is 24.9. The minimum atomic E-state index is -0.442. The molecule has 0 amide bonds. The van der Waals surface area contributed by atoms with Gasteiger partial charge in [0.05, 0.1) is 5.69 Å². The number of aromatic nitrogens is 4. The zero-order valence-corrected chi connectivity index (χ0v) is 12.4. The number of hydrogen-bond donors (Lipinski definition) is 0. The summed E-state index contributed by atoms with van der Waals surface area (Å²) < 4.78 is 17.3. The molecule has 0 aliphatic heterocycles. The van der Waals surface area contributed by atoms with Crippen molar-refractivity contribution in [2.45, 2.75) is 25.8 Å². The van der Waals surface area contributed by atoms with E-state index in [9.17, 15) is 14.0 Å². The number of benzene rings is 1. The third-order valence-corrected chi connectivity index (χ3v) is 4.39. The van der Waals surface area contributed by atoms with Crippen LogP contribution in [-0.2, 0) is 6.54 Å². The first kappa shape index (κ1) is 13.9. The van der Waals surface area contributed by atoms with Crippen LogP contribution < -0.4 is 11.2 Å². The Labute approximate surface area is 130 Å². The van der Waals surface area contributed by atoms with E-state index < -0.39 is 11.4 Å². The molecule has 1 aliphatic carbocycles. The molecule has 23 heavy (non-hydrogen) atoms. The smallest absolute Gasteiger partial charge is 0.279 e. The molecule has 1 aliphatic rings. The van der Waals surface area contributed by atoms with Crippen molar-refractivity contribution in [3.63, 3.8) is 0 Å². The fourth-order valence-corrected chi connectivity index (χ4v) is 2.88. The summed E-state index contributed by atoms with van der Waals surface area (Å²) in [6.07, 6.45) is 6.32. The molecule has 0 N–H and O–H groups in total. The maximum atomic E-state index is 13.4. The Morgan fingerprint density at radius 2 is 2.04 bits per heavy atom. The molecule has 3 aromatic rings. The van der Waals surface area contributed by atoms with E-state index in [4.69, 9.17) is 0 Å². The molecule has 4 rings (SSSR count). The molecule has 0 saturated heterocycles. The van der Waals surface area contributed by atoms with Gasteiger partial charge in [0.2, 0.25) is 5.65 Å². The van der Waals surface area contributed by atoms with Crippen molar-refractivity contribution in [2.24, 2.45) is 5.92 Å². The molecule has 0 radical (unpaired) electrons. The summed E-state index contributed by atoms with van der Waals surface area (Å²) >= 11 is 0. The van der Waals surface area contributed by atoms with E-state index in [1.807, 2.05) is 0 Å². The molecule has 6 nitrogen and oxygen atoms in total. The number of fused-ring (bicyclic) bond motifs is 1. The molecule has 2 aromatic heterocycles. The van der Waals surface area contributed by atoms with Crippen LogP contribution in [0.5, 0.6) is 0 Å².